The molecule has 2 rings (SSSR count). The van der Waals surface area contributed by atoms with Gasteiger partial charge in [0.25, 0.3) is 0 Å². The Balaban J connectivity index is 2.27. The molecule has 0 spiro atoms. The van der Waals surface area contributed by atoms with Crippen molar-refractivity contribution in [1.29, 1.82) is 0 Å². The van der Waals surface area contributed by atoms with Crippen molar-refractivity contribution in [3.8, 4) is 5.88 Å². The minimum Gasteiger partial charge on any atom is -0.481 e. The highest BCUT2D eigenvalue weighted by molar-refractivity contribution is 7.09. The molecule has 20 heavy (non-hydrogen) atoms. The lowest BCUT2D eigenvalue weighted by Gasteiger charge is -2.16. The number of aromatic nitrogens is 2. The number of thiophene rings is 1. The van der Waals surface area contributed by atoms with E-state index in [9.17, 15) is 4.79 Å². The first-order valence-corrected chi connectivity index (χ1v) is 7.05. The minimum atomic E-state index is -0.624. The molecule has 1 atom stereocenters. The number of hydrogen-bond donors (Lipinski definition) is 2. The van der Waals surface area contributed by atoms with Gasteiger partial charge in [0, 0.05) is 18.5 Å². The molecule has 2 aromatic heterocycles. The molecule has 0 aliphatic rings. The van der Waals surface area contributed by atoms with Gasteiger partial charge >= 0.3 is 0 Å². The third-order valence-corrected chi connectivity index (χ3v) is 3.92. The Kier molecular flexibility index (Phi) is 4.41. The molecule has 2 heterocycles. The van der Waals surface area contributed by atoms with Gasteiger partial charge < -0.3 is 10.5 Å². The molecular weight excluding hydrogens is 276 g/mol. The number of ether oxygens (including phenoxy) is 1. The summed E-state index contributed by atoms with van der Waals surface area (Å²) in [5.74, 6) is 0.0981. The van der Waals surface area contributed by atoms with Crippen molar-refractivity contribution in [2.75, 3.05) is 7.11 Å². The third-order valence-electron chi connectivity index (χ3n) is 3.04. The molecule has 1 amide bonds. The Morgan fingerprint density at radius 3 is 2.95 bits per heavy atom. The predicted octanol–water partition coefficient (Wildman–Crippen LogP) is 1.11. The predicted molar refractivity (Wildman–Crippen MR) is 77.6 cm³/mol. The summed E-state index contributed by atoms with van der Waals surface area (Å²) in [5, 5.41) is 9.44. The maximum absolute atomic E-state index is 11.8. The highest BCUT2D eigenvalue weighted by Gasteiger charge is 2.27. The van der Waals surface area contributed by atoms with Gasteiger partial charge in [0.05, 0.1) is 18.4 Å². The molecule has 108 valence electrons. The fourth-order valence-corrected chi connectivity index (χ4v) is 2.84. The zero-order chi connectivity index (χ0) is 14.7. The molecule has 0 saturated carbocycles. The summed E-state index contributed by atoms with van der Waals surface area (Å²) in [5.41, 5.74) is 6.94. The second kappa shape index (κ2) is 6.06. The number of carbonyl (C=O) groups is 1. The number of aryl methyl sites for hydroxylation is 2. The van der Waals surface area contributed by atoms with Crippen LogP contribution in [0.3, 0.4) is 0 Å². The van der Waals surface area contributed by atoms with Gasteiger partial charge in [-0.25, -0.2) is 4.68 Å². The van der Waals surface area contributed by atoms with Gasteiger partial charge in [-0.1, -0.05) is 6.07 Å². The third kappa shape index (κ3) is 2.83. The lowest BCUT2D eigenvalue weighted by Crippen LogP contribution is -2.33. The summed E-state index contributed by atoms with van der Waals surface area (Å²) in [6.45, 7) is 2.41. The molecule has 0 radical (unpaired) electrons. The van der Waals surface area contributed by atoms with Crippen LogP contribution in [-0.2, 0) is 18.4 Å². The van der Waals surface area contributed by atoms with E-state index >= 15 is 0 Å². The Hall–Kier alpha value is -1.86. The molecule has 0 fully saturated rings. The number of carbonyl (C=O) groups excluding carboxylic acids is 1. The van der Waals surface area contributed by atoms with Gasteiger partial charge in [-0.3, -0.25) is 10.1 Å². The number of methoxy groups -OCH3 is 1. The van der Waals surface area contributed by atoms with Crippen LogP contribution < -0.4 is 15.8 Å². The van der Waals surface area contributed by atoms with Crippen molar-refractivity contribution < 1.29 is 9.53 Å². The van der Waals surface area contributed by atoms with Crippen LogP contribution in [0.25, 0.3) is 0 Å². The van der Waals surface area contributed by atoms with E-state index in [1.165, 1.54) is 0 Å². The summed E-state index contributed by atoms with van der Waals surface area (Å²) in [4.78, 5) is 12.9. The maximum Gasteiger partial charge on any atom is 0.239 e. The molecule has 0 saturated heterocycles. The van der Waals surface area contributed by atoms with Crippen LogP contribution >= 0.6 is 11.3 Å². The fourth-order valence-electron chi connectivity index (χ4n) is 2.19. The Labute approximate surface area is 121 Å². The molecule has 0 aliphatic carbocycles. The van der Waals surface area contributed by atoms with Crippen molar-refractivity contribution in [2.45, 2.75) is 19.5 Å². The zero-order valence-electron chi connectivity index (χ0n) is 11.7. The van der Waals surface area contributed by atoms with Crippen LogP contribution in [0.4, 0.5) is 0 Å². The first-order chi connectivity index (χ1) is 9.54. The first kappa shape index (κ1) is 14.5. The fraction of sp³-hybridized carbons (Fsp3) is 0.385. The molecule has 0 aliphatic heterocycles. The van der Waals surface area contributed by atoms with Crippen molar-refractivity contribution >= 4 is 17.2 Å². The van der Waals surface area contributed by atoms with Crippen LogP contribution in [0.15, 0.2) is 17.5 Å². The second-order valence-corrected chi connectivity index (χ2v) is 5.46. The molecule has 0 bridgehead atoms. The number of primary amides is 1. The minimum absolute atomic E-state index is 0.448. The van der Waals surface area contributed by atoms with Crippen molar-refractivity contribution in [3.05, 3.63) is 33.6 Å². The summed E-state index contributed by atoms with van der Waals surface area (Å²) in [6, 6.07) is 3.35. The van der Waals surface area contributed by atoms with E-state index in [4.69, 9.17) is 10.5 Å². The van der Waals surface area contributed by atoms with Gasteiger partial charge in [-0.05, 0) is 18.4 Å². The average Bonchev–Trinajstić information content (AvgIpc) is 2.98. The van der Waals surface area contributed by atoms with Crippen LogP contribution in [0.5, 0.6) is 5.88 Å². The second-order valence-electron chi connectivity index (χ2n) is 4.43. The number of nitrogens with zero attached hydrogens (tertiary/aromatic N) is 2. The summed E-state index contributed by atoms with van der Waals surface area (Å²) in [6.07, 6.45) is 0. The van der Waals surface area contributed by atoms with Crippen molar-refractivity contribution in [2.24, 2.45) is 12.8 Å². The molecule has 0 aromatic carbocycles. The molecule has 3 N–H and O–H groups in total. The van der Waals surface area contributed by atoms with Gasteiger partial charge in [0.1, 0.15) is 6.04 Å². The Morgan fingerprint density at radius 2 is 2.40 bits per heavy atom. The average molecular weight is 294 g/mol. The first-order valence-electron chi connectivity index (χ1n) is 6.17. The van der Waals surface area contributed by atoms with E-state index in [2.05, 4.69) is 10.4 Å². The summed E-state index contributed by atoms with van der Waals surface area (Å²) >= 11 is 1.62. The number of hydrogen-bond acceptors (Lipinski definition) is 5. The van der Waals surface area contributed by atoms with E-state index < -0.39 is 11.9 Å². The van der Waals surface area contributed by atoms with E-state index in [1.807, 2.05) is 24.4 Å². The number of nitrogens with two attached hydrogens (primary N) is 1. The zero-order valence-corrected chi connectivity index (χ0v) is 12.5. The lowest BCUT2D eigenvalue weighted by atomic mass is 10.1. The Bertz CT molecular complexity index is 592. The molecule has 7 heteroatoms. The number of rotatable bonds is 6. The molecule has 2 aromatic rings. The highest BCUT2D eigenvalue weighted by Crippen LogP contribution is 2.28. The highest BCUT2D eigenvalue weighted by atomic mass is 32.1. The van der Waals surface area contributed by atoms with E-state index in [0.29, 0.717) is 18.0 Å². The molecular formula is C13H18N4O2S. The van der Waals surface area contributed by atoms with Gasteiger partial charge in [-0.15, -0.1) is 11.3 Å². The van der Waals surface area contributed by atoms with Crippen molar-refractivity contribution in [1.82, 2.24) is 15.1 Å². The van der Waals surface area contributed by atoms with Gasteiger partial charge in [0.2, 0.25) is 11.8 Å². The van der Waals surface area contributed by atoms with Gasteiger partial charge in [-0.2, -0.15) is 5.10 Å². The maximum atomic E-state index is 11.8. The summed E-state index contributed by atoms with van der Waals surface area (Å²) < 4.78 is 6.93. The molecule has 1 unspecified atom stereocenters. The molecule has 6 nitrogen and oxygen atoms in total. The lowest BCUT2D eigenvalue weighted by molar-refractivity contribution is -0.120. The van der Waals surface area contributed by atoms with E-state index in [1.54, 1.807) is 30.2 Å². The Morgan fingerprint density at radius 1 is 1.65 bits per heavy atom. The van der Waals surface area contributed by atoms with Gasteiger partial charge in [0.15, 0.2) is 0 Å². The van der Waals surface area contributed by atoms with E-state index in [-0.39, 0.29) is 0 Å². The monoisotopic (exact) mass is 294 g/mol. The van der Waals surface area contributed by atoms with Crippen LogP contribution in [0.2, 0.25) is 0 Å². The normalized spacial score (nSPS) is 12.3. The number of amides is 1. The van der Waals surface area contributed by atoms with E-state index in [0.717, 1.165) is 10.6 Å². The standard InChI is InChI=1S/C13H18N4O2S/c1-8-10(13(19-3)17(2)16-8)11(12(14)18)15-7-9-5-4-6-20-9/h4-6,11,15H,7H2,1-3H3,(H2,14,18). The van der Waals surface area contributed by atoms with Crippen LogP contribution in [0, 0.1) is 6.92 Å². The quantitative estimate of drug-likeness (QED) is 0.836. The summed E-state index contributed by atoms with van der Waals surface area (Å²) in [7, 11) is 3.32. The number of nitrogens with one attached hydrogen (secondary N) is 1. The smallest absolute Gasteiger partial charge is 0.239 e. The van der Waals surface area contributed by atoms with Crippen LogP contribution in [0.1, 0.15) is 22.2 Å². The van der Waals surface area contributed by atoms with Crippen LogP contribution in [-0.4, -0.2) is 22.8 Å². The SMILES string of the molecule is COc1c(C(NCc2cccs2)C(N)=O)c(C)nn1C. The largest absolute Gasteiger partial charge is 0.481 e. The topological polar surface area (TPSA) is 82.2 Å². The van der Waals surface area contributed by atoms with Crippen molar-refractivity contribution in [3.63, 3.8) is 0 Å².